The Balaban J connectivity index is 2.22. The van der Waals surface area contributed by atoms with Gasteiger partial charge in [0.1, 0.15) is 11.6 Å². The van der Waals surface area contributed by atoms with Crippen LogP contribution in [-0.4, -0.2) is 0 Å². The molecule has 3 aliphatic rings. The topological polar surface area (TPSA) is 9.23 Å². The molecule has 0 spiro atoms. The minimum atomic E-state index is -0.0120. The first kappa shape index (κ1) is 9.42. The molecule has 0 N–H and O–H groups in total. The lowest BCUT2D eigenvalue weighted by molar-refractivity contribution is 0.258. The van der Waals surface area contributed by atoms with Gasteiger partial charge in [-0.05, 0) is 26.3 Å². The average Bonchev–Trinajstić information content (AvgIpc) is 2.29. The van der Waals surface area contributed by atoms with Crippen LogP contribution in [0.2, 0.25) is 0 Å². The van der Waals surface area contributed by atoms with E-state index >= 15 is 0 Å². The Hall–Kier alpha value is -1.81. The summed E-state index contributed by atoms with van der Waals surface area (Å²) >= 11 is 0. The van der Waals surface area contributed by atoms with Crippen LogP contribution in [0.1, 0.15) is 20.3 Å². The molecule has 0 aromatic carbocycles. The number of allylic oxidation sites excluding steroid dienone is 7. The van der Waals surface area contributed by atoms with E-state index < -0.39 is 0 Å². The zero-order valence-electron chi connectivity index (χ0n) is 9.50. The molecule has 0 saturated carbocycles. The van der Waals surface area contributed by atoms with Gasteiger partial charge < -0.3 is 4.74 Å². The van der Waals surface area contributed by atoms with Gasteiger partial charge in [-0.15, -0.1) is 0 Å². The highest BCUT2D eigenvalue weighted by Crippen LogP contribution is 2.49. The van der Waals surface area contributed by atoms with Crippen molar-refractivity contribution in [3.63, 3.8) is 0 Å². The third kappa shape index (κ3) is 1.17. The van der Waals surface area contributed by atoms with Gasteiger partial charge in [-0.1, -0.05) is 11.8 Å². The Bertz CT molecular complexity index is 526. The van der Waals surface area contributed by atoms with E-state index in [2.05, 4.69) is 37.8 Å². The monoisotopic (exact) mass is 209 g/mol. The van der Waals surface area contributed by atoms with Crippen molar-refractivity contribution in [2.24, 2.45) is 5.41 Å². The maximum atomic E-state index is 5.82. The highest BCUT2D eigenvalue weighted by molar-refractivity contribution is 5.53. The highest BCUT2D eigenvalue weighted by atomic mass is 16.5. The molecule has 2 aliphatic carbocycles. The second kappa shape index (κ2) is 3.09. The van der Waals surface area contributed by atoms with Gasteiger partial charge in [0.15, 0.2) is 5.76 Å². The lowest BCUT2D eigenvalue weighted by atomic mass is 9.72. The molecule has 0 aromatic rings. The Morgan fingerprint density at radius 1 is 1.38 bits per heavy atom. The summed E-state index contributed by atoms with van der Waals surface area (Å²) in [6.45, 7) is 4.45. The minimum Gasteiger partial charge on any atom is -0.417 e. The van der Waals surface area contributed by atoms with E-state index in [1.165, 1.54) is 11.1 Å². The number of rotatable bonds is 0. The Labute approximate surface area is 95.8 Å². The van der Waals surface area contributed by atoms with E-state index in [0.717, 1.165) is 17.9 Å². The average molecular weight is 209 g/mol. The summed E-state index contributed by atoms with van der Waals surface area (Å²) in [5, 5.41) is 0. The summed E-state index contributed by atoms with van der Waals surface area (Å²) in [7, 11) is 0. The van der Waals surface area contributed by atoms with Crippen LogP contribution >= 0.6 is 0 Å². The molecule has 78 valence electrons. The van der Waals surface area contributed by atoms with E-state index in [9.17, 15) is 0 Å². The second-order valence-electron chi connectivity index (χ2n) is 4.67. The van der Waals surface area contributed by atoms with Crippen molar-refractivity contribution >= 4 is 0 Å². The van der Waals surface area contributed by atoms with Gasteiger partial charge in [0.05, 0.1) is 17.6 Å². The zero-order valence-corrected chi connectivity index (χ0v) is 9.50. The summed E-state index contributed by atoms with van der Waals surface area (Å²) in [5.74, 6) is 1.69. The van der Waals surface area contributed by atoms with E-state index in [1.807, 2.05) is 18.2 Å². The zero-order chi connectivity index (χ0) is 11.2. The van der Waals surface area contributed by atoms with Crippen molar-refractivity contribution in [2.75, 3.05) is 0 Å². The van der Waals surface area contributed by atoms with Crippen LogP contribution in [0.25, 0.3) is 0 Å². The summed E-state index contributed by atoms with van der Waals surface area (Å²) < 4.78 is 5.82. The summed E-state index contributed by atoms with van der Waals surface area (Å²) in [6.07, 6.45) is 14.3. The van der Waals surface area contributed by atoms with Gasteiger partial charge in [0.2, 0.25) is 0 Å². The summed E-state index contributed by atoms with van der Waals surface area (Å²) in [5.41, 5.74) is 5.63. The first-order chi connectivity index (χ1) is 7.69. The summed E-state index contributed by atoms with van der Waals surface area (Å²) in [4.78, 5) is 0. The Kier molecular flexibility index (Phi) is 1.82. The van der Waals surface area contributed by atoms with E-state index in [-0.39, 0.29) is 5.41 Å². The van der Waals surface area contributed by atoms with Gasteiger partial charge in [-0.3, -0.25) is 0 Å². The molecule has 0 aromatic heterocycles. The molecule has 16 heavy (non-hydrogen) atoms. The Morgan fingerprint density at radius 3 is 3.12 bits per heavy atom. The predicted octanol–water partition coefficient (Wildman–Crippen LogP) is 3.60. The SMILES string of the molecule is CC1(C)C2=CCC=C=C2OC2=[C+]C=CC=C21. The van der Waals surface area contributed by atoms with Crippen molar-refractivity contribution in [3.8, 4) is 0 Å². The predicted molar refractivity (Wildman–Crippen MR) is 63.1 cm³/mol. The van der Waals surface area contributed by atoms with Crippen molar-refractivity contribution in [1.82, 2.24) is 0 Å². The molecule has 1 heterocycles. The molecular formula is C15H13O+. The lowest BCUT2D eigenvalue weighted by Crippen LogP contribution is -2.28. The van der Waals surface area contributed by atoms with E-state index in [1.54, 1.807) is 0 Å². The lowest BCUT2D eigenvalue weighted by Gasteiger charge is -2.33. The van der Waals surface area contributed by atoms with Crippen molar-refractivity contribution in [1.29, 1.82) is 0 Å². The molecular weight excluding hydrogens is 196 g/mol. The molecule has 0 amide bonds. The van der Waals surface area contributed by atoms with Gasteiger partial charge in [-0.25, -0.2) is 0 Å². The maximum absolute atomic E-state index is 5.82. The summed E-state index contributed by atoms with van der Waals surface area (Å²) in [6, 6.07) is 0. The smallest absolute Gasteiger partial charge is 0.299 e. The van der Waals surface area contributed by atoms with Crippen LogP contribution in [0.15, 0.2) is 58.8 Å². The second-order valence-corrected chi connectivity index (χ2v) is 4.67. The number of hydrogen-bond donors (Lipinski definition) is 0. The third-order valence-electron chi connectivity index (χ3n) is 3.29. The van der Waals surface area contributed by atoms with Gasteiger partial charge in [0, 0.05) is 11.6 Å². The normalized spacial score (nSPS) is 23.9. The molecule has 3 rings (SSSR count). The minimum absolute atomic E-state index is 0.0120. The standard InChI is InChI=1S/C15H13O/c1-15(2)11-7-3-5-9-13(11)16-14-10-6-4-8-12(14)15/h3,5-8H,4H2,1-2H3/q+1. The number of fused-ring (bicyclic) bond motifs is 2. The largest absolute Gasteiger partial charge is 0.417 e. The van der Waals surface area contributed by atoms with Crippen molar-refractivity contribution in [3.05, 3.63) is 64.9 Å². The number of ether oxygens (including phenoxy) is 1. The molecule has 1 heteroatoms. The molecule has 1 saturated heterocycles. The van der Waals surface area contributed by atoms with Crippen LogP contribution in [0.4, 0.5) is 0 Å². The first-order valence-electron chi connectivity index (χ1n) is 5.55. The molecule has 1 fully saturated rings. The quantitative estimate of drug-likeness (QED) is 0.437. The molecule has 0 bridgehead atoms. The molecule has 0 unspecified atom stereocenters. The fourth-order valence-corrected chi connectivity index (χ4v) is 2.37. The first-order valence-corrected chi connectivity index (χ1v) is 5.55. The van der Waals surface area contributed by atoms with E-state index in [0.29, 0.717) is 0 Å². The van der Waals surface area contributed by atoms with Gasteiger partial charge in [-0.2, -0.15) is 0 Å². The molecule has 1 nitrogen and oxygen atoms in total. The van der Waals surface area contributed by atoms with Crippen LogP contribution < -0.4 is 0 Å². The third-order valence-corrected chi connectivity index (χ3v) is 3.29. The van der Waals surface area contributed by atoms with Crippen LogP contribution in [0, 0.1) is 11.5 Å². The highest BCUT2D eigenvalue weighted by Gasteiger charge is 2.45. The van der Waals surface area contributed by atoms with Crippen molar-refractivity contribution in [2.45, 2.75) is 20.3 Å². The van der Waals surface area contributed by atoms with Gasteiger partial charge in [0.25, 0.3) is 5.76 Å². The molecule has 0 radical (unpaired) electrons. The molecule has 1 aliphatic heterocycles. The van der Waals surface area contributed by atoms with Gasteiger partial charge >= 0.3 is 0 Å². The van der Waals surface area contributed by atoms with E-state index in [4.69, 9.17) is 4.74 Å². The molecule has 0 atom stereocenters. The van der Waals surface area contributed by atoms with Crippen LogP contribution in [0.5, 0.6) is 0 Å². The van der Waals surface area contributed by atoms with Crippen molar-refractivity contribution < 1.29 is 4.74 Å². The Morgan fingerprint density at radius 2 is 2.25 bits per heavy atom. The fraction of sp³-hybridized carbons (Fsp3) is 0.267. The van der Waals surface area contributed by atoms with Crippen LogP contribution in [0.3, 0.4) is 0 Å². The maximum Gasteiger partial charge on any atom is 0.299 e. The number of hydrogen-bond acceptors (Lipinski definition) is 1. The van der Waals surface area contributed by atoms with Crippen LogP contribution in [-0.2, 0) is 4.74 Å². The fourth-order valence-electron chi connectivity index (χ4n) is 2.37.